The summed E-state index contributed by atoms with van der Waals surface area (Å²) in [5, 5.41) is 11.4. The van der Waals surface area contributed by atoms with Gasteiger partial charge in [-0.25, -0.2) is 9.18 Å². The van der Waals surface area contributed by atoms with Crippen LogP contribution in [0.15, 0.2) is 24.3 Å². The quantitative estimate of drug-likeness (QED) is 0.893. The zero-order valence-electron chi connectivity index (χ0n) is 12.2. The van der Waals surface area contributed by atoms with E-state index in [-0.39, 0.29) is 25.4 Å². The molecule has 0 aromatic heterocycles. The maximum atomic E-state index is 13.7. The number of carboxylic acid groups (broad SMARTS) is 1. The van der Waals surface area contributed by atoms with Gasteiger partial charge in [-0.2, -0.15) is 0 Å². The van der Waals surface area contributed by atoms with Crippen LogP contribution in [-0.2, 0) is 11.2 Å². The molecule has 3 rings (SSSR count). The Morgan fingerprint density at radius 2 is 1.91 bits per heavy atom. The fraction of sp³-hybridized carbons (Fsp3) is 0.500. The first-order valence-electron chi connectivity index (χ1n) is 7.53. The molecule has 1 saturated heterocycles. The molecule has 118 valence electrons. The van der Waals surface area contributed by atoms with Crippen LogP contribution in [0.2, 0.25) is 0 Å². The summed E-state index contributed by atoms with van der Waals surface area (Å²) in [7, 11) is 0. The molecular formula is C16H19FN2O3. The first-order chi connectivity index (χ1) is 10.5. The minimum atomic E-state index is -1.35. The molecule has 1 saturated carbocycles. The number of alkyl halides is 1. The lowest BCUT2D eigenvalue weighted by atomic mass is 10.1. The summed E-state index contributed by atoms with van der Waals surface area (Å²) < 4.78 is 13.7. The van der Waals surface area contributed by atoms with Crippen LogP contribution in [0.4, 0.5) is 9.18 Å². The molecule has 2 aliphatic rings. The number of halogens is 1. The number of nitrogens with one attached hydrogen (secondary N) is 1. The highest BCUT2D eigenvalue weighted by Crippen LogP contribution is 2.39. The number of likely N-dealkylation sites (tertiary alicyclic amines) is 1. The minimum Gasteiger partial charge on any atom is -0.465 e. The normalized spacial score (nSPS) is 24.3. The molecule has 2 amide bonds. The number of nitrogens with zero attached hydrogens (tertiary/aromatic N) is 1. The van der Waals surface area contributed by atoms with E-state index in [0.29, 0.717) is 5.92 Å². The lowest BCUT2D eigenvalue weighted by molar-refractivity contribution is -0.121. The monoisotopic (exact) mass is 306 g/mol. The van der Waals surface area contributed by atoms with Gasteiger partial charge in [-0.15, -0.1) is 0 Å². The van der Waals surface area contributed by atoms with Crippen molar-refractivity contribution in [3.8, 4) is 0 Å². The Morgan fingerprint density at radius 1 is 1.23 bits per heavy atom. The third-order valence-corrected chi connectivity index (χ3v) is 4.26. The second-order valence-electron chi connectivity index (χ2n) is 6.07. The van der Waals surface area contributed by atoms with Crippen LogP contribution in [0.1, 0.15) is 29.9 Å². The van der Waals surface area contributed by atoms with E-state index in [1.165, 1.54) is 18.4 Å². The van der Waals surface area contributed by atoms with Gasteiger partial charge in [0.2, 0.25) is 5.91 Å². The van der Waals surface area contributed by atoms with E-state index in [1.54, 1.807) is 0 Å². The largest absolute Gasteiger partial charge is 0.465 e. The SMILES string of the molecule is O=C(Cc1ccc(C2CC2)cc1)N[C@H]1CN(C(=O)O)C[C@@H]1F. The molecule has 0 bridgehead atoms. The van der Waals surface area contributed by atoms with Gasteiger partial charge in [0.05, 0.1) is 19.0 Å². The van der Waals surface area contributed by atoms with Crippen LogP contribution in [0.25, 0.3) is 0 Å². The van der Waals surface area contributed by atoms with Crippen molar-refractivity contribution in [2.45, 2.75) is 37.4 Å². The summed E-state index contributed by atoms with van der Waals surface area (Å²) in [6.45, 7) is -0.181. The standard InChI is InChI=1S/C16H19FN2O3/c17-13-8-19(16(21)22)9-14(13)18-15(20)7-10-1-3-11(4-2-10)12-5-6-12/h1-4,12-14H,5-9H2,(H,18,20)(H,21,22)/t13-,14-/m0/s1. The Bertz CT molecular complexity index is 571. The van der Waals surface area contributed by atoms with E-state index in [1.807, 2.05) is 24.3 Å². The average molecular weight is 306 g/mol. The van der Waals surface area contributed by atoms with Crippen molar-refractivity contribution < 1.29 is 19.1 Å². The Kier molecular flexibility index (Phi) is 4.00. The topological polar surface area (TPSA) is 69.6 Å². The number of benzene rings is 1. The summed E-state index contributed by atoms with van der Waals surface area (Å²) in [5.41, 5.74) is 2.19. The van der Waals surface area contributed by atoms with Gasteiger partial charge < -0.3 is 15.3 Å². The van der Waals surface area contributed by atoms with Crippen molar-refractivity contribution in [1.29, 1.82) is 0 Å². The lowest BCUT2D eigenvalue weighted by Crippen LogP contribution is -2.42. The van der Waals surface area contributed by atoms with E-state index in [2.05, 4.69) is 5.32 Å². The summed E-state index contributed by atoms with van der Waals surface area (Å²) in [6, 6.07) is 7.19. The third-order valence-electron chi connectivity index (χ3n) is 4.26. The number of amides is 2. The van der Waals surface area contributed by atoms with Crippen molar-refractivity contribution in [3.05, 3.63) is 35.4 Å². The van der Waals surface area contributed by atoms with Crippen LogP contribution in [-0.4, -0.2) is 47.3 Å². The van der Waals surface area contributed by atoms with Crippen molar-refractivity contribution >= 4 is 12.0 Å². The molecule has 1 heterocycles. The molecule has 1 aromatic carbocycles. The van der Waals surface area contributed by atoms with Crippen LogP contribution in [0.3, 0.4) is 0 Å². The number of hydrogen-bond donors (Lipinski definition) is 2. The van der Waals surface area contributed by atoms with Crippen LogP contribution >= 0.6 is 0 Å². The third kappa shape index (κ3) is 3.37. The summed E-state index contributed by atoms with van der Waals surface area (Å²) in [5.74, 6) is 0.398. The van der Waals surface area contributed by atoms with Gasteiger partial charge in [0.25, 0.3) is 0 Å². The zero-order valence-corrected chi connectivity index (χ0v) is 12.2. The van der Waals surface area contributed by atoms with Crippen molar-refractivity contribution in [1.82, 2.24) is 10.2 Å². The van der Waals surface area contributed by atoms with Gasteiger partial charge in [-0.1, -0.05) is 24.3 Å². The molecule has 6 heteroatoms. The van der Waals surface area contributed by atoms with E-state index >= 15 is 0 Å². The van der Waals surface area contributed by atoms with Crippen molar-refractivity contribution in [2.24, 2.45) is 0 Å². The maximum absolute atomic E-state index is 13.7. The predicted molar refractivity (Wildman–Crippen MR) is 78.5 cm³/mol. The Balaban J connectivity index is 1.52. The molecule has 1 aliphatic carbocycles. The highest BCUT2D eigenvalue weighted by atomic mass is 19.1. The molecular weight excluding hydrogens is 287 g/mol. The Morgan fingerprint density at radius 3 is 2.45 bits per heavy atom. The molecule has 2 fully saturated rings. The zero-order chi connectivity index (χ0) is 15.7. The first-order valence-corrected chi connectivity index (χ1v) is 7.53. The molecule has 5 nitrogen and oxygen atoms in total. The van der Waals surface area contributed by atoms with Crippen LogP contribution < -0.4 is 5.32 Å². The second-order valence-corrected chi connectivity index (χ2v) is 6.07. The molecule has 2 N–H and O–H groups in total. The highest BCUT2D eigenvalue weighted by molar-refractivity contribution is 5.79. The van der Waals surface area contributed by atoms with Gasteiger partial charge in [0.15, 0.2) is 0 Å². The second kappa shape index (κ2) is 5.94. The minimum absolute atomic E-state index is 0.00284. The fourth-order valence-electron chi connectivity index (χ4n) is 2.82. The van der Waals surface area contributed by atoms with Crippen molar-refractivity contribution in [3.63, 3.8) is 0 Å². The number of hydrogen-bond acceptors (Lipinski definition) is 2. The van der Waals surface area contributed by atoms with Gasteiger partial charge in [-0.05, 0) is 29.9 Å². The summed E-state index contributed by atoms with van der Waals surface area (Å²) in [4.78, 5) is 23.8. The smallest absolute Gasteiger partial charge is 0.407 e. The lowest BCUT2D eigenvalue weighted by Gasteiger charge is -2.14. The number of carbonyl (C=O) groups is 2. The van der Waals surface area contributed by atoms with Gasteiger partial charge in [0.1, 0.15) is 6.17 Å². The first kappa shape index (κ1) is 14.8. The van der Waals surface area contributed by atoms with Crippen LogP contribution in [0, 0.1) is 0 Å². The molecule has 22 heavy (non-hydrogen) atoms. The summed E-state index contributed by atoms with van der Waals surface area (Å²) in [6.07, 6.45) is 0.146. The van der Waals surface area contributed by atoms with Gasteiger partial charge >= 0.3 is 6.09 Å². The number of carbonyl (C=O) groups excluding carboxylic acids is 1. The van der Waals surface area contributed by atoms with Gasteiger partial charge in [0, 0.05) is 6.54 Å². The summed E-state index contributed by atoms with van der Waals surface area (Å²) >= 11 is 0. The molecule has 1 aliphatic heterocycles. The van der Waals surface area contributed by atoms with Crippen LogP contribution in [0.5, 0.6) is 0 Å². The van der Waals surface area contributed by atoms with E-state index in [4.69, 9.17) is 5.11 Å². The predicted octanol–water partition coefficient (Wildman–Crippen LogP) is 1.92. The molecule has 1 aromatic rings. The fourth-order valence-corrected chi connectivity index (χ4v) is 2.82. The van der Waals surface area contributed by atoms with Crippen molar-refractivity contribution in [2.75, 3.05) is 13.1 Å². The molecule has 0 radical (unpaired) electrons. The molecule has 0 spiro atoms. The van der Waals surface area contributed by atoms with Gasteiger partial charge in [-0.3, -0.25) is 4.79 Å². The van der Waals surface area contributed by atoms with E-state index in [9.17, 15) is 14.0 Å². The Labute approximate surface area is 128 Å². The Hall–Kier alpha value is -2.11. The average Bonchev–Trinajstić information content (AvgIpc) is 3.25. The molecule has 2 atom stereocenters. The molecule has 0 unspecified atom stereocenters. The van der Waals surface area contributed by atoms with E-state index < -0.39 is 18.3 Å². The maximum Gasteiger partial charge on any atom is 0.407 e. The van der Waals surface area contributed by atoms with E-state index in [0.717, 1.165) is 10.5 Å². The highest BCUT2D eigenvalue weighted by Gasteiger charge is 2.36. The number of rotatable bonds is 4.